The van der Waals surface area contributed by atoms with E-state index in [9.17, 15) is 19.5 Å². The lowest BCUT2D eigenvalue weighted by molar-refractivity contribution is -0.157. The maximum atomic E-state index is 13.8. The predicted octanol–water partition coefficient (Wildman–Crippen LogP) is 4.32. The summed E-state index contributed by atoms with van der Waals surface area (Å²) in [5, 5.41) is 14.4. The van der Waals surface area contributed by atoms with Crippen LogP contribution in [-0.2, 0) is 35.0 Å². The number of carbonyl (C=O) groups is 3. The minimum atomic E-state index is -1.77. The smallest absolute Gasteiger partial charge is 0.409 e. The van der Waals surface area contributed by atoms with E-state index in [1.54, 1.807) is 40.0 Å². The molecule has 3 aliphatic rings. The van der Waals surface area contributed by atoms with Crippen LogP contribution in [-0.4, -0.2) is 80.1 Å². The van der Waals surface area contributed by atoms with Crippen molar-refractivity contribution in [2.24, 2.45) is 11.8 Å². The summed E-state index contributed by atoms with van der Waals surface area (Å²) >= 11 is 6.68. The number of rotatable bonds is 4. The molecule has 0 saturated carbocycles. The number of methoxy groups -OCH3 is 2. The average molecular weight is 635 g/mol. The number of carbonyl (C=O) groups excluding carboxylic acids is 3. The number of epoxide rings is 1. The van der Waals surface area contributed by atoms with Crippen LogP contribution >= 0.6 is 11.6 Å². The molecule has 0 aliphatic carbocycles. The van der Waals surface area contributed by atoms with Gasteiger partial charge in [-0.25, -0.2) is 4.79 Å². The van der Waals surface area contributed by atoms with Crippen molar-refractivity contribution < 1.29 is 43.2 Å². The lowest BCUT2D eigenvalue weighted by Gasteiger charge is -2.42. The summed E-state index contributed by atoms with van der Waals surface area (Å²) in [6.07, 6.45) is 1.65. The van der Waals surface area contributed by atoms with Crippen molar-refractivity contribution in [3.05, 3.63) is 46.5 Å². The largest absolute Gasteiger partial charge is 0.495 e. The molecule has 2 amide bonds. The van der Waals surface area contributed by atoms with Gasteiger partial charge in [-0.05, 0) is 38.0 Å². The minimum absolute atomic E-state index is 0.00361. The molecule has 1 aromatic rings. The predicted molar refractivity (Wildman–Crippen MR) is 164 cm³/mol. The second-order valence-electron chi connectivity index (χ2n) is 12.4. The van der Waals surface area contributed by atoms with Gasteiger partial charge in [-0.1, -0.05) is 56.2 Å². The molecule has 0 aromatic heterocycles. The molecule has 3 heterocycles. The molecule has 2 N–H and O–H groups in total. The molecule has 2 saturated heterocycles. The average Bonchev–Trinajstić information content (AvgIpc) is 3.66. The third-order valence-corrected chi connectivity index (χ3v) is 9.06. The number of amides is 2. The van der Waals surface area contributed by atoms with Gasteiger partial charge in [0.2, 0.25) is 5.91 Å². The number of alkyl carbamates (subject to hydrolysis) is 1. The number of benzene rings is 1. The molecule has 0 unspecified atom stereocenters. The van der Waals surface area contributed by atoms with E-state index in [1.165, 1.54) is 19.1 Å². The van der Waals surface area contributed by atoms with E-state index in [1.807, 2.05) is 32.1 Å². The molecule has 7 atom stereocenters. The first-order chi connectivity index (χ1) is 20.6. The number of hydrogen-bond donors (Lipinski definition) is 2. The monoisotopic (exact) mass is 634 g/mol. The first-order valence-corrected chi connectivity index (χ1v) is 15.1. The standard InChI is InChI=1S/C32H43ClN2O9/c1-17(2)29(37)43-25-15-26(36)35(6)21-13-20(14-22(40-7)27(21)33)12-18(3)10-9-11-24(41-8)32(39)16-23(42-30(38)34-32)19(4)28-31(25,5)44-28/h9-11,13-14,17,19,23-25,28,39H,12,15-16H2,1-8H3,(H,34,38)/b11-9+,18-10+/t19-,23+,24-,25-,28+,31+,32+/m1/s1. The van der Waals surface area contributed by atoms with E-state index < -0.39 is 59.6 Å². The molecule has 4 bridgehead atoms. The SMILES string of the molecule is COc1cc2cc(c1Cl)N(C)C(=O)C[C@@H](OC(=O)C(C)C)[C@]1(C)O[C@H]1[C@H](C)[C@@H]1C[C@@](O)(NC(=O)O1)[C@H](OC)/C=C/C=C(\C)C2. The highest BCUT2D eigenvalue weighted by Crippen LogP contribution is 2.49. The number of esters is 1. The van der Waals surface area contributed by atoms with E-state index in [0.717, 1.165) is 11.1 Å². The summed E-state index contributed by atoms with van der Waals surface area (Å²) < 4.78 is 28.8. The highest BCUT2D eigenvalue weighted by atomic mass is 35.5. The second kappa shape index (κ2) is 13.1. The molecule has 242 valence electrons. The molecule has 11 nitrogen and oxygen atoms in total. The Morgan fingerprint density at radius 1 is 1.25 bits per heavy atom. The number of nitrogens with one attached hydrogen (secondary N) is 1. The summed E-state index contributed by atoms with van der Waals surface area (Å²) in [7, 11) is 4.56. The van der Waals surface area contributed by atoms with Crippen LogP contribution in [0.4, 0.5) is 10.5 Å². The number of anilines is 1. The van der Waals surface area contributed by atoms with Gasteiger partial charge in [0.25, 0.3) is 0 Å². The zero-order valence-corrected chi connectivity index (χ0v) is 27.3. The van der Waals surface area contributed by atoms with Crippen LogP contribution in [0.1, 0.15) is 53.0 Å². The summed E-state index contributed by atoms with van der Waals surface area (Å²) in [5.41, 5.74) is -0.587. The van der Waals surface area contributed by atoms with Crippen molar-refractivity contribution in [2.75, 3.05) is 26.2 Å². The van der Waals surface area contributed by atoms with Crippen LogP contribution in [0.25, 0.3) is 0 Å². The molecule has 44 heavy (non-hydrogen) atoms. The number of hydrogen-bond acceptors (Lipinski definition) is 9. The zero-order valence-electron chi connectivity index (χ0n) is 26.5. The first-order valence-electron chi connectivity index (χ1n) is 14.7. The van der Waals surface area contributed by atoms with Crippen molar-refractivity contribution in [1.29, 1.82) is 0 Å². The molecule has 12 heteroatoms. The Balaban J connectivity index is 1.80. The molecular weight excluding hydrogens is 592 g/mol. The van der Waals surface area contributed by atoms with E-state index in [4.69, 9.17) is 35.3 Å². The van der Waals surface area contributed by atoms with Crippen LogP contribution < -0.4 is 15.0 Å². The Labute approximate surface area is 263 Å². The Hall–Kier alpha value is -3.12. The summed E-state index contributed by atoms with van der Waals surface area (Å²) in [6.45, 7) is 8.95. The fraction of sp³-hybridized carbons (Fsp3) is 0.594. The summed E-state index contributed by atoms with van der Waals surface area (Å²) in [4.78, 5) is 40.7. The van der Waals surface area contributed by atoms with E-state index in [0.29, 0.717) is 17.9 Å². The fourth-order valence-corrected chi connectivity index (χ4v) is 6.19. The van der Waals surface area contributed by atoms with E-state index >= 15 is 0 Å². The van der Waals surface area contributed by atoms with Gasteiger partial charge < -0.3 is 33.7 Å². The van der Waals surface area contributed by atoms with Gasteiger partial charge in [0.15, 0.2) is 5.72 Å². The van der Waals surface area contributed by atoms with Crippen molar-refractivity contribution in [1.82, 2.24) is 5.32 Å². The summed E-state index contributed by atoms with van der Waals surface area (Å²) in [5.74, 6) is -1.30. The molecule has 3 aliphatic heterocycles. The Kier molecular flexibility index (Phi) is 10.0. The molecule has 0 radical (unpaired) electrons. The normalized spacial score (nSPS) is 34.7. The molecule has 4 rings (SSSR count). The van der Waals surface area contributed by atoms with Gasteiger partial charge in [0, 0.05) is 26.5 Å². The fourth-order valence-electron chi connectivity index (χ4n) is 5.88. The van der Waals surface area contributed by atoms with Crippen molar-refractivity contribution in [2.45, 2.75) is 89.6 Å². The third kappa shape index (κ3) is 6.91. The van der Waals surface area contributed by atoms with Crippen LogP contribution in [0.5, 0.6) is 5.75 Å². The number of fused-ring (bicyclic) bond motifs is 5. The summed E-state index contributed by atoms with van der Waals surface area (Å²) in [6, 6.07) is 3.63. The van der Waals surface area contributed by atoms with Crippen LogP contribution in [0.2, 0.25) is 5.02 Å². The molecule has 1 aromatic carbocycles. The van der Waals surface area contributed by atoms with E-state index in [-0.39, 0.29) is 23.8 Å². The quantitative estimate of drug-likeness (QED) is 0.366. The van der Waals surface area contributed by atoms with Gasteiger partial charge in [0.05, 0.1) is 31.2 Å². The number of nitrogens with zero attached hydrogens (tertiary/aromatic N) is 1. The molecule has 2 fully saturated rings. The van der Waals surface area contributed by atoms with Gasteiger partial charge in [0.1, 0.15) is 34.7 Å². The van der Waals surface area contributed by atoms with Gasteiger partial charge in [-0.3, -0.25) is 14.9 Å². The Morgan fingerprint density at radius 3 is 2.59 bits per heavy atom. The maximum absolute atomic E-state index is 13.8. The Morgan fingerprint density at radius 2 is 1.95 bits per heavy atom. The number of aliphatic hydroxyl groups is 1. The van der Waals surface area contributed by atoms with Gasteiger partial charge >= 0.3 is 12.1 Å². The van der Waals surface area contributed by atoms with Crippen LogP contribution in [0.15, 0.2) is 35.9 Å². The molecule has 0 spiro atoms. The van der Waals surface area contributed by atoms with Crippen molar-refractivity contribution in [3.63, 3.8) is 0 Å². The van der Waals surface area contributed by atoms with Crippen LogP contribution in [0, 0.1) is 11.8 Å². The van der Waals surface area contributed by atoms with Crippen molar-refractivity contribution >= 4 is 35.3 Å². The zero-order chi connectivity index (χ0) is 32.6. The third-order valence-electron chi connectivity index (χ3n) is 8.68. The highest BCUT2D eigenvalue weighted by Gasteiger charge is 2.64. The number of ether oxygens (including phenoxy) is 5. The van der Waals surface area contributed by atoms with Crippen LogP contribution in [0.3, 0.4) is 0 Å². The lowest BCUT2D eigenvalue weighted by atomic mass is 9.83. The molecular formula is C32H43ClN2O9. The lowest BCUT2D eigenvalue weighted by Crippen LogP contribution is -2.63. The highest BCUT2D eigenvalue weighted by molar-refractivity contribution is 6.35. The Bertz CT molecular complexity index is 1350. The maximum Gasteiger partial charge on any atom is 0.409 e. The van der Waals surface area contributed by atoms with Gasteiger partial charge in [-0.15, -0.1) is 0 Å². The van der Waals surface area contributed by atoms with E-state index in [2.05, 4.69) is 5.32 Å². The van der Waals surface area contributed by atoms with Crippen molar-refractivity contribution in [3.8, 4) is 5.75 Å². The van der Waals surface area contributed by atoms with Gasteiger partial charge in [-0.2, -0.15) is 0 Å². The topological polar surface area (TPSA) is 136 Å². The second-order valence-corrected chi connectivity index (χ2v) is 12.8. The number of allylic oxidation sites excluding steroid dienone is 3. The number of halogens is 1. The minimum Gasteiger partial charge on any atom is -0.495 e. The first kappa shape index (κ1) is 33.8.